The lowest BCUT2D eigenvalue weighted by molar-refractivity contribution is 0.274. The van der Waals surface area contributed by atoms with Crippen molar-refractivity contribution in [2.45, 2.75) is 6.56 Å². The van der Waals surface area contributed by atoms with Gasteiger partial charge >= 0.3 is 0 Å². The first kappa shape index (κ1) is 4.74. The lowest BCUT2D eigenvalue weighted by Crippen LogP contribution is -1.89. The molecule has 0 bridgehead atoms. The van der Waals surface area contributed by atoms with E-state index in [1.54, 1.807) is 18.2 Å². The van der Waals surface area contributed by atoms with Crippen molar-refractivity contribution in [2.24, 2.45) is 0 Å². The highest BCUT2D eigenvalue weighted by molar-refractivity contribution is 5.32. The molecule has 0 heterocycles. The van der Waals surface area contributed by atoms with E-state index >= 15 is 0 Å². The van der Waals surface area contributed by atoms with Crippen LogP contribution < -0.4 is 4.74 Å². The fourth-order valence-corrected chi connectivity index (χ4v) is 0.737. The molecule has 1 N–H and O–H groups in total. The minimum absolute atomic E-state index is 0.146. The quantitative estimate of drug-likeness (QED) is 0.668. The van der Waals surface area contributed by atoms with Crippen molar-refractivity contribution in [1.29, 1.82) is 0 Å². The molecular weight excluding hydrogens is 128 g/mol. The molecule has 0 aromatic heterocycles. The van der Waals surface area contributed by atoms with Crippen molar-refractivity contribution < 1.29 is 12.6 Å². The van der Waals surface area contributed by atoms with Crippen LogP contribution in [0.5, 0.6) is 5.75 Å². The van der Waals surface area contributed by atoms with Gasteiger partial charge in [-0.3, -0.25) is 0 Å². The Morgan fingerprint density at radius 2 is 2.30 bits per heavy atom. The molecule has 0 saturated heterocycles. The van der Waals surface area contributed by atoms with E-state index < -0.39 is 6.56 Å². The van der Waals surface area contributed by atoms with Gasteiger partial charge in [0.25, 0.3) is 0 Å². The number of ether oxygens (including phenoxy) is 1. The molecule has 54 valence electrons. The molecule has 1 aromatic carbocycles. The van der Waals surface area contributed by atoms with Gasteiger partial charge in [0.1, 0.15) is 5.75 Å². The second-order valence-corrected chi connectivity index (χ2v) is 1.81. The molecule has 0 radical (unpaired) electrons. The fourth-order valence-electron chi connectivity index (χ4n) is 0.737. The summed E-state index contributed by atoms with van der Waals surface area (Å²) in [6.07, 6.45) is 0. The Hall–Kier alpha value is -1.02. The Kier molecular flexibility index (Phi) is 1.53. The second kappa shape index (κ2) is 3.22. The average molecular weight is 140 g/mol. The van der Waals surface area contributed by atoms with Gasteiger partial charge in [-0.05, 0) is 6.07 Å². The second-order valence-electron chi connectivity index (χ2n) is 1.81. The number of hydrogen-bond acceptors (Lipinski definition) is 2. The molecule has 0 aliphatic carbocycles. The van der Waals surface area contributed by atoms with Gasteiger partial charge in [-0.15, -0.1) is 0 Å². The molecule has 0 amide bonds. The van der Waals surface area contributed by atoms with E-state index in [4.69, 9.17) is 12.6 Å². The summed E-state index contributed by atoms with van der Waals surface area (Å²) in [5, 5.41) is 9.05. The van der Waals surface area contributed by atoms with Crippen molar-refractivity contribution in [3.8, 4) is 5.75 Å². The van der Waals surface area contributed by atoms with Crippen LogP contribution in [-0.2, 0) is 6.56 Å². The van der Waals surface area contributed by atoms with Crippen molar-refractivity contribution >= 4 is 0 Å². The molecule has 0 atom stereocenters. The predicted octanol–water partition coefficient (Wildman–Crippen LogP) is 1.19. The highest BCUT2D eigenvalue weighted by Gasteiger charge is 1.96. The molecule has 0 saturated carbocycles. The van der Waals surface area contributed by atoms with Crippen molar-refractivity contribution in [2.75, 3.05) is 7.11 Å². The van der Waals surface area contributed by atoms with Crippen LogP contribution in [-0.4, -0.2) is 12.2 Å². The molecule has 0 fully saturated rings. The molecule has 0 aliphatic heterocycles. The van der Waals surface area contributed by atoms with E-state index in [1.807, 2.05) is 0 Å². The number of aliphatic hydroxyl groups is 1. The normalized spacial score (nSPS) is 13.8. The minimum atomic E-state index is -2.34. The van der Waals surface area contributed by atoms with Crippen LogP contribution in [0.2, 0.25) is 0 Å². The highest BCUT2D eigenvalue weighted by atomic mass is 16.5. The Balaban J connectivity index is 3.14. The smallest absolute Gasteiger partial charge is 0.124 e. The zero-order valence-corrected chi connectivity index (χ0v) is 5.66. The molecule has 1 aromatic rings. The highest BCUT2D eigenvalue weighted by Crippen LogP contribution is 2.16. The maximum Gasteiger partial charge on any atom is 0.124 e. The molecule has 2 nitrogen and oxygen atoms in total. The van der Waals surface area contributed by atoms with Crippen LogP contribution in [0.15, 0.2) is 24.3 Å². The van der Waals surface area contributed by atoms with Gasteiger partial charge in [-0.1, -0.05) is 18.2 Å². The molecule has 0 aliphatic rings. The number of hydrogen-bond donors (Lipinski definition) is 1. The topological polar surface area (TPSA) is 29.5 Å². The Bertz CT molecular complexity index is 268. The van der Waals surface area contributed by atoms with Gasteiger partial charge in [0, 0.05) is 5.56 Å². The van der Waals surface area contributed by atoms with E-state index in [2.05, 4.69) is 0 Å². The van der Waals surface area contributed by atoms with Gasteiger partial charge in [-0.2, -0.15) is 0 Å². The van der Waals surface area contributed by atoms with E-state index in [1.165, 1.54) is 13.2 Å². The number of rotatable bonds is 2. The lowest BCUT2D eigenvalue weighted by Gasteiger charge is -2.03. The van der Waals surface area contributed by atoms with Gasteiger partial charge < -0.3 is 9.84 Å². The maximum absolute atomic E-state index is 9.05. The zero-order chi connectivity index (χ0) is 9.19. The third-order valence-corrected chi connectivity index (χ3v) is 1.23. The van der Waals surface area contributed by atoms with E-state index in [9.17, 15) is 0 Å². The Morgan fingerprint density at radius 3 is 2.80 bits per heavy atom. The summed E-state index contributed by atoms with van der Waals surface area (Å²) in [5.74, 6) is 0.352. The van der Waals surface area contributed by atoms with Crippen LogP contribution in [0.4, 0.5) is 0 Å². The van der Waals surface area contributed by atoms with Gasteiger partial charge in [0.2, 0.25) is 0 Å². The van der Waals surface area contributed by atoms with Gasteiger partial charge in [0.05, 0.1) is 16.4 Å². The fraction of sp³-hybridized carbons (Fsp3) is 0.250. The van der Waals surface area contributed by atoms with Crippen molar-refractivity contribution in [1.82, 2.24) is 0 Å². The van der Waals surface area contributed by atoms with Crippen molar-refractivity contribution in [3.63, 3.8) is 0 Å². The van der Waals surface area contributed by atoms with Gasteiger partial charge in [0.15, 0.2) is 0 Å². The summed E-state index contributed by atoms with van der Waals surface area (Å²) < 4.78 is 19.0. The maximum atomic E-state index is 9.05. The first-order valence-corrected chi connectivity index (χ1v) is 2.91. The van der Waals surface area contributed by atoms with E-state index in [0.717, 1.165) is 0 Å². The summed E-state index contributed by atoms with van der Waals surface area (Å²) in [6.45, 7) is -2.34. The van der Waals surface area contributed by atoms with E-state index in [0.29, 0.717) is 5.75 Å². The molecule has 1 rings (SSSR count). The molecule has 10 heavy (non-hydrogen) atoms. The van der Waals surface area contributed by atoms with Gasteiger partial charge in [-0.25, -0.2) is 0 Å². The lowest BCUT2D eigenvalue weighted by atomic mass is 10.2. The summed E-state index contributed by atoms with van der Waals surface area (Å²) >= 11 is 0. The van der Waals surface area contributed by atoms with Crippen molar-refractivity contribution in [3.05, 3.63) is 29.8 Å². The summed E-state index contributed by atoms with van der Waals surface area (Å²) in [6, 6.07) is 6.45. The summed E-state index contributed by atoms with van der Waals surface area (Å²) in [7, 11) is 1.44. The van der Waals surface area contributed by atoms with E-state index in [-0.39, 0.29) is 5.56 Å². The molecule has 2 heteroatoms. The van der Waals surface area contributed by atoms with Crippen LogP contribution in [0, 0.1) is 0 Å². The summed E-state index contributed by atoms with van der Waals surface area (Å²) in [4.78, 5) is 0. The third kappa shape index (κ3) is 1.28. The average Bonchev–Trinajstić information content (AvgIpc) is 2.03. The van der Waals surface area contributed by atoms with Crippen LogP contribution >= 0.6 is 0 Å². The Morgan fingerprint density at radius 1 is 1.60 bits per heavy atom. The predicted molar refractivity (Wildman–Crippen MR) is 38.9 cm³/mol. The monoisotopic (exact) mass is 140 g/mol. The standard InChI is InChI=1S/C8H10O2/c1-10-8-5-3-2-4-7(8)6-9/h2-5,9H,6H2,1H3/i6D2. The molecule has 0 spiro atoms. The molecular formula is C8H10O2. The van der Waals surface area contributed by atoms with Crippen LogP contribution in [0.3, 0.4) is 0 Å². The Labute approximate surface area is 62.9 Å². The third-order valence-electron chi connectivity index (χ3n) is 1.23. The van der Waals surface area contributed by atoms with Crippen LogP contribution in [0.1, 0.15) is 8.30 Å². The first-order valence-electron chi connectivity index (χ1n) is 3.91. The van der Waals surface area contributed by atoms with Crippen LogP contribution in [0.25, 0.3) is 0 Å². The minimum Gasteiger partial charge on any atom is -0.496 e. The molecule has 0 unspecified atom stereocenters. The SMILES string of the molecule is [2H]C([2H])(O)c1ccccc1OC. The number of methoxy groups -OCH3 is 1. The number of para-hydroxylation sites is 1. The zero-order valence-electron chi connectivity index (χ0n) is 7.66. The first-order chi connectivity index (χ1) is 5.55. The largest absolute Gasteiger partial charge is 0.496 e. The summed E-state index contributed by atoms with van der Waals surface area (Å²) in [5.41, 5.74) is 0.146. The number of benzene rings is 1.